The molecule has 0 aromatic heterocycles. The molecular weight excluding hydrogens is 649 g/mol. The van der Waals surface area contributed by atoms with Crippen LogP contribution in [0.5, 0.6) is 23.0 Å². The van der Waals surface area contributed by atoms with Crippen molar-refractivity contribution >= 4 is 19.7 Å². The summed E-state index contributed by atoms with van der Waals surface area (Å²) >= 11 is 0. The molecule has 3 N–H and O–H groups in total. The number of ether oxygens (including phenoxy) is 4. The number of allylic oxidation sites excluding steroid dienone is 2. The van der Waals surface area contributed by atoms with Gasteiger partial charge in [0, 0.05) is 6.42 Å². The second-order valence-corrected chi connectivity index (χ2v) is 13.3. The van der Waals surface area contributed by atoms with Crippen LogP contribution in [-0.4, -0.2) is 55.6 Å². The van der Waals surface area contributed by atoms with Gasteiger partial charge < -0.3 is 34.1 Å². The molecule has 0 aliphatic carbocycles. The molecule has 0 spiro atoms. The van der Waals surface area contributed by atoms with Crippen molar-refractivity contribution in [1.82, 2.24) is 5.32 Å². The highest BCUT2D eigenvalue weighted by Crippen LogP contribution is 2.38. The zero-order valence-corrected chi connectivity index (χ0v) is 30.5. The highest BCUT2D eigenvalue weighted by atomic mass is 31.2. The molecule has 2 rings (SSSR count). The lowest BCUT2D eigenvalue weighted by atomic mass is 10.1. The third kappa shape index (κ3) is 17.7. The molecule has 0 saturated heterocycles. The minimum atomic E-state index is -4.73. The zero-order valence-electron chi connectivity index (χ0n) is 29.6. The minimum Gasteiger partial charge on any atom is -0.493 e. The Bertz CT molecular complexity index is 1300. The number of benzene rings is 2. The fourth-order valence-electron chi connectivity index (χ4n) is 5.34. The van der Waals surface area contributed by atoms with Crippen molar-refractivity contribution in [3.63, 3.8) is 0 Å². The fourth-order valence-corrected chi connectivity index (χ4v) is 5.71. The lowest BCUT2D eigenvalue weighted by Gasteiger charge is -2.19. The van der Waals surface area contributed by atoms with E-state index in [9.17, 15) is 23.9 Å². The van der Waals surface area contributed by atoms with Gasteiger partial charge in [0.2, 0.25) is 11.7 Å². The van der Waals surface area contributed by atoms with Crippen molar-refractivity contribution in [2.45, 2.75) is 109 Å². The fraction of sp³-hybridized carbons (Fsp3) is 0.568. The van der Waals surface area contributed by atoms with Crippen LogP contribution >= 0.6 is 7.82 Å². The Kier molecular flexibility index (Phi) is 20.4. The quantitative estimate of drug-likeness (QED) is 0.0288. The lowest BCUT2D eigenvalue weighted by molar-refractivity contribution is -0.122. The van der Waals surface area contributed by atoms with E-state index in [2.05, 4.69) is 24.4 Å². The summed E-state index contributed by atoms with van der Waals surface area (Å²) in [7, 11) is -0.366. The van der Waals surface area contributed by atoms with Crippen LogP contribution < -0.4 is 24.3 Å². The maximum atomic E-state index is 12.8. The van der Waals surface area contributed by atoms with E-state index in [1.54, 1.807) is 24.3 Å². The number of methoxy groups -OCH3 is 3. The molecule has 12 heteroatoms. The van der Waals surface area contributed by atoms with E-state index in [1.165, 1.54) is 78.4 Å². The monoisotopic (exact) mass is 705 g/mol. The Morgan fingerprint density at radius 3 is 1.88 bits per heavy atom. The van der Waals surface area contributed by atoms with Crippen LogP contribution in [0, 0.1) is 0 Å². The number of phosphoric ester groups is 1. The normalized spacial score (nSPS) is 12.1. The van der Waals surface area contributed by atoms with Gasteiger partial charge in [0.05, 0.1) is 39.5 Å². The highest BCUT2D eigenvalue weighted by Gasteiger charge is 2.21. The maximum Gasteiger partial charge on any atom is 0.469 e. The third-order valence-corrected chi connectivity index (χ3v) is 8.48. The molecule has 2 aromatic rings. The van der Waals surface area contributed by atoms with Crippen LogP contribution in [0.1, 0.15) is 113 Å². The Morgan fingerprint density at radius 1 is 0.796 bits per heavy atom. The predicted molar refractivity (Wildman–Crippen MR) is 191 cm³/mol. The highest BCUT2D eigenvalue weighted by molar-refractivity contribution is 7.46. The van der Waals surface area contributed by atoms with Crippen LogP contribution in [0.15, 0.2) is 48.6 Å². The first-order valence-corrected chi connectivity index (χ1v) is 18.9. The van der Waals surface area contributed by atoms with E-state index in [1.807, 2.05) is 0 Å². The Balaban J connectivity index is 1.79. The molecule has 0 saturated carbocycles. The number of unbranched alkanes of at least 4 members (excludes halogenated alkanes) is 11. The van der Waals surface area contributed by atoms with Gasteiger partial charge in [-0.3, -0.25) is 9.32 Å². The summed E-state index contributed by atoms with van der Waals surface area (Å²) in [4.78, 5) is 44.0. The molecular formula is C37H56NO10P. The van der Waals surface area contributed by atoms with Gasteiger partial charge in [-0.05, 0) is 68.4 Å². The number of rotatable bonds is 26. The third-order valence-electron chi connectivity index (χ3n) is 7.99. The molecule has 0 fully saturated rings. The molecule has 0 heterocycles. The van der Waals surface area contributed by atoms with Crippen molar-refractivity contribution in [2.24, 2.45) is 0 Å². The van der Waals surface area contributed by atoms with Gasteiger partial charge in [-0.15, -0.1) is 0 Å². The number of amides is 1. The number of hydrogen-bond donors (Lipinski definition) is 3. The summed E-state index contributed by atoms with van der Waals surface area (Å²) in [6, 6.07) is 8.91. The molecule has 0 aliphatic rings. The summed E-state index contributed by atoms with van der Waals surface area (Å²) < 4.78 is 37.5. The summed E-state index contributed by atoms with van der Waals surface area (Å²) in [5, 5.41) is 2.85. The van der Waals surface area contributed by atoms with Crippen molar-refractivity contribution in [2.75, 3.05) is 27.9 Å². The Hall–Kier alpha value is -3.37. The first-order valence-electron chi connectivity index (χ1n) is 17.4. The van der Waals surface area contributed by atoms with Gasteiger partial charge >= 0.3 is 13.8 Å². The molecule has 49 heavy (non-hydrogen) atoms. The second-order valence-electron chi connectivity index (χ2n) is 12.0. The van der Waals surface area contributed by atoms with Crippen LogP contribution in [0.2, 0.25) is 0 Å². The number of carbonyl (C=O) groups is 2. The van der Waals surface area contributed by atoms with E-state index in [4.69, 9.17) is 23.5 Å². The van der Waals surface area contributed by atoms with E-state index in [0.29, 0.717) is 23.7 Å². The number of hydrogen-bond acceptors (Lipinski definition) is 8. The van der Waals surface area contributed by atoms with Gasteiger partial charge in [0.25, 0.3) is 0 Å². The number of carbonyl (C=O) groups excluding carboxylic acids is 2. The Labute approximate surface area is 292 Å². The average molecular weight is 706 g/mol. The van der Waals surface area contributed by atoms with E-state index in [-0.39, 0.29) is 30.2 Å². The number of esters is 1. The van der Waals surface area contributed by atoms with Crippen LogP contribution in [0.3, 0.4) is 0 Å². The molecule has 1 amide bonds. The average Bonchev–Trinajstić information content (AvgIpc) is 3.08. The van der Waals surface area contributed by atoms with Crippen LogP contribution in [-0.2, 0) is 20.3 Å². The van der Waals surface area contributed by atoms with Gasteiger partial charge in [0.15, 0.2) is 11.5 Å². The van der Waals surface area contributed by atoms with Gasteiger partial charge in [-0.2, -0.15) is 0 Å². The SMILES string of the molecule is CCCCCCCC/C=C\CCCCCCCC(=O)N[C@@H](COP(=O)(O)O)Cc1ccc(OC(=O)c2cc(OC)c(OC)c(OC)c2)cc1. The van der Waals surface area contributed by atoms with Gasteiger partial charge in [-0.25, -0.2) is 9.36 Å². The van der Waals surface area contributed by atoms with E-state index in [0.717, 1.165) is 44.1 Å². The molecule has 0 aliphatic heterocycles. The standard InChI is InChI=1S/C37H56NO10P/c1-5-6-7-8-9-10-11-12-13-14-15-16-17-18-19-20-35(39)38-31(28-47-49(41,42)43)25-29-21-23-32(24-22-29)48-37(40)30-26-33(44-2)36(46-4)34(27-30)45-3/h12-13,21-24,26-27,31H,5-11,14-20,25,28H2,1-4H3,(H,38,39)(H2,41,42,43)/b13-12-/t31-/m1/s1. The summed E-state index contributed by atoms with van der Waals surface area (Å²) in [6.07, 6.45) is 20.3. The van der Waals surface area contributed by atoms with Crippen molar-refractivity contribution < 1.29 is 47.4 Å². The smallest absolute Gasteiger partial charge is 0.469 e. The second kappa shape index (κ2) is 23.9. The van der Waals surface area contributed by atoms with E-state index < -0.39 is 19.8 Å². The summed E-state index contributed by atoms with van der Waals surface area (Å²) in [6.45, 7) is 1.88. The lowest BCUT2D eigenvalue weighted by Crippen LogP contribution is -2.39. The first-order chi connectivity index (χ1) is 23.6. The zero-order chi connectivity index (χ0) is 35.9. The predicted octanol–water partition coefficient (Wildman–Crippen LogP) is 8.11. The topological polar surface area (TPSA) is 150 Å². The van der Waals surface area contributed by atoms with E-state index >= 15 is 0 Å². The first kappa shape index (κ1) is 41.8. The van der Waals surface area contributed by atoms with Crippen molar-refractivity contribution in [3.05, 3.63) is 59.7 Å². The molecule has 0 radical (unpaired) electrons. The van der Waals surface area contributed by atoms with Gasteiger partial charge in [-0.1, -0.05) is 82.6 Å². The number of phosphoric acid groups is 1. The maximum absolute atomic E-state index is 12.8. The Morgan fingerprint density at radius 2 is 1.35 bits per heavy atom. The molecule has 11 nitrogen and oxygen atoms in total. The molecule has 274 valence electrons. The molecule has 2 aromatic carbocycles. The number of nitrogens with one attached hydrogen (secondary N) is 1. The molecule has 1 atom stereocenters. The summed E-state index contributed by atoms with van der Waals surface area (Å²) in [5.41, 5.74) is 0.940. The van der Waals surface area contributed by atoms with Crippen LogP contribution in [0.25, 0.3) is 0 Å². The van der Waals surface area contributed by atoms with Gasteiger partial charge in [0.1, 0.15) is 5.75 Å². The van der Waals surface area contributed by atoms with Crippen molar-refractivity contribution in [3.8, 4) is 23.0 Å². The molecule has 0 bridgehead atoms. The largest absolute Gasteiger partial charge is 0.493 e. The minimum absolute atomic E-state index is 0.196. The molecule has 0 unspecified atom stereocenters. The summed E-state index contributed by atoms with van der Waals surface area (Å²) in [5.74, 6) is 0.413. The van der Waals surface area contributed by atoms with Crippen LogP contribution in [0.4, 0.5) is 0 Å². The van der Waals surface area contributed by atoms with Crippen molar-refractivity contribution in [1.29, 1.82) is 0 Å².